The fraction of sp³-hybridized carbons (Fsp3) is 0.250. The molecule has 0 aliphatic heterocycles. The van der Waals surface area contributed by atoms with Gasteiger partial charge in [-0.15, -0.1) is 0 Å². The molecule has 5 heteroatoms. The van der Waals surface area contributed by atoms with Crippen molar-refractivity contribution >= 4 is 5.69 Å². The van der Waals surface area contributed by atoms with Crippen molar-refractivity contribution in [2.75, 3.05) is 5.32 Å². The molecule has 0 amide bonds. The quantitative estimate of drug-likeness (QED) is 0.761. The second-order valence-electron chi connectivity index (χ2n) is 4.86. The highest BCUT2D eigenvalue weighted by Gasteiger charge is 2.33. The van der Waals surface area contributed by atoms with Gasteiger partial charge in [0.25, 0.3) is 0 Å². The van der Waals surface area contributed by atoms with Crippen LogP contribution in [0.4, 0.5) is 23.2 Å². The summed E-state index contributed by atoms with van der Waals surface area (Å²) in [5.74, 6) is -0.557. The van der Waals surface area contributed by atoms with Crippen LogP contribution in [-0.4, -0.2) is 6.18 Å². The third-order valence-corrected chi connectivity index (χ3v) is 3.18. The predicted octanol–water partition coefficient (Wildman–Crippen LogP) is 5.24. The molecule has 0 saturated carbocycles. The number of aryl methyl sites for hydroxylation is 1. The van der Waals surface area contributed by atoms with Crippen molar-refractivity contribution in [3.63, 3.8) is 0 Å². The predicted molar refractivity (Wildman–Crippen MR) is 74.6 cm³/mol. The van der Waals surface area contributed by atoms with Gasteiger partial charge in [0.05, 0.1) is 18.2 Å². The second kappa shape index (κ2) is 6.16. The minimum Gasteiger partial charge on any atom is -0.375 e. The molecule has 0 fully saturated rings. The summed E-state index contributed by atoms with van der Waals surface area (Å²) in [5.41, 5.74) is 1.14. The van der Waals surface area contributed by atoms with E-state index in [4.69, 9.17) is 0 Å². The molecule has 0 aliphatic rings. The molecule has 2 aromatic rings. The molecule has 1 atom stereocenters. The fourth-order valence-corrected chi connectivity index (χ4v) is 2.16. The fourth-order valence-electron chi connectivity index (χ4n) is 2.16. The standard InChI is InChI=1S/C16H15F4N/c1-11-6-5-9-13(17)15(11)21-14(10-16(18,19)20)12-7-3-2-4-8-12/h2-9,14,21H,10H2,1H3. The molecule has 0 spiro atoms. The number of nitrogens with one attached hydrogen (secondary N) is 1. The number of para-hydroxylation sites is 1. The Morgan fingerprint density at radius 2 is 1.67 bits per heavy atom. The SMILES string of the molecule is Cc1cccc(F)c1NC(CC(F)(F)F)c1ccccc1. The largest absolute Gasteiger partial charge is 0.391 e. The van der Waals surface area contributed by atoms with E-state index in [0.717, 1.165) is 0 Å². The van der Waals surface area contributed by atoms with Crippen LogP contribution in [0.1, 0.15) is 23.6 Å². The summed E-state index contributed by atoms with van der Waals surface area (Å²) in [7, 11) is 0. The highest BCUT2D eigenvalue weighted by molar-refractivity contribution is 5.53. The molecule has 0 bridgehead atoms. The smallest absolute Gasteiger partial charge is 0.375 e. The van der Waals surface area contributed by atoms with Gasteiger partial charge in [0.2, 0.25) is 0 Å². The maximum atomic E-state index is 13.8. The molecule has 1 nitrogen and oxygen atoms in total. The molecule has 1 unspecified atom stereocenters. The minimum absolute atomic E-state index is 0.107. The summed E-state index contributed by atoms with van der Waals surface area (Å²) in [5, 5.41) is 2.69. The van der Waals surface area contributed by atoms with Crippen LogP contribution in [0, 0.1) is 12.7 Å². The molecule has 1 N–H and O–H groups in total. The van der Waals surface area contributed by atoms with E-state index in [-0.39, 0.29) is 5.69 Å². The van der Waals surface area contributed by atoms with E-state index < -0.39 is 24.5 Å². The summed E-state index contributed by atoms with van der Waals surface area (Å²) in [6.07, 6.45) is -5.41. The van der Waals surface area contributed by atoms with Gasteiger partial charge in [-0.1, -0.05) is 42.5 Å². The van der Waals surface area contributed by atoms with E-state index in [1.165, 1.54) is 12.1 Å². The molecule has 0 aliphatic carbocycles. The first-order valence-electron chi connectivity index (χ1n) is 6.50. The number of hydrogen-bond donors (Lipinski definition) is 1. The van der Waals surface area contributed by atoms with Gasteiger partial charge >= 0.3 is 6.18 Å². The Balaban J connectivity index is 2.33. The molecular formula is C16H15F4N. The van der Waals surface area contributed by atoms with Gasteiger partial charge in [0.1, 0.15) is 5.82 Å². The highest BCUT2D eigenvalue weighted by Crippen LogP contribution is 2.33. The van der Waals surface area contributed by atoms with E-state index >= 15 is 0 Å². The Morgan fingerprint density at radius 1 is 1.00 bits per heavy atom. The molecule has 0 radical (unpaired) electrons. The van der Waals surface area contributed by atoms with E-state index in [1.807, 2.05) is 0 Å². The molecular weight excluding hydrogens is 282 g/mol. The van der Waals surface area contributed by atoms with Gasteiger partial charge in [0.15, 0.2) is 0 Å². The van der Waals surface area contributed by atoms with Crippen LogP contribution in [0.3, 0.4) is 0 Å². The first-order chi connectivity index (χ1) is 9.87. The van der Waals surface area contributed by atoms with E-state index in [9.17, 15) is 17.6 Å². The summed E-state index contributed by atoms with van der Waals surface area (Å²) >= 11 is 0. The van der Waals surface area contributed by atoms with Crippen molar-refractivity contribution in [3.8, 4) is 0 Å². The number of halogens is 4. The molecule has 21 heavy (non-hydrogen) atoms. The van der Waals surface area contributed by atoms with Crippen LogP contribution in [0.15, 0.2) is 48.5 Å². The third kappa shape index (κ3) is 4.21. The van der Waals surface area contributed by atoms with Crippen LogP contribution >= 0.6 is 0 Å². The lowest BCUT2D eigenvalue weighted by Crippen LogP contribution is -2.21. The zero-order valence-corrected chi connectivity index (χ0v) is 11.4. The number of hydrogen-bond acceptors (Lipinski definition) is 1. The first kappa shape index (κ1) is 15.4. The molecule has 0 heterocycles. The molecule has 2 aromatic carbocycles. The van der Waals surface area contributed by atoms with Crippen molar-refractivity contribution < 1.29 is 17.6 Å². The average molecular weight is 297 g/mol. The van der Waals surface area contributed by atoms with Crippen molar-refractivity contribution in [1.29, 1.82) is 0 Å². The molecule has 0 saturated heterocycles. The maximum Gasteiger partial charge on any atom is 0.391 e. The summed E-state index contributed by atoms with van der Waals surface area (Å²) < 4.78 is 52.1. The van der Waals surface area contributed by atoms with Crippen LogP contribution in [0.25, 0.3) is 0 Å². The van der Waals surface area contributed by atoms with Crippen LogP contribution in [0.2, 0.25) is 0 Å². The number of anilines is 1. The zero-order valence-electron chi connectivity index (χ0n) is 11.4. The lowest BCUT2D eigenvalue weighted by Gasteiger charge is -2.23. The van der Waals surface area contributed by atoms with Crippen molar-refractivity contribution in [2.24, 2.45) is 0 Å². The van der Waals surface area contributed by atoms with Gasteiger partial charge in [-0.25, -0.2) is 4.39 Å². The highest BCUT2D eigenvalue weighted by atomic mass is 19.4. The van der Waals surface area contributed by atoms with Gasteiger partial charge in [-0.2, -0.15) is 13.2 Å². The zero-order chi connectivity index (χ0) is 15.5. The van der Waals surface area contributed by atoms with E-state index in [1.54, 1.807) is 43.3 Å². The Hall–Kier alpha value is -2.04. The van der Waals surface area contributed by atoms with Crippen molar-refractivity contribution in [1.82, 2.24) is 0 Å². The summed E-state index contributed by atoms with van der Waals surface area (Å²) in [6.45, 7) is 1.65. The minimum atomic E-state index is -4.34. The van der Waals surface area contributed by atoms with Gasteiger partial charge in [0, 0.05) is 0 Å². The number of rotatable bonds is 4. The normalized spacial score (nSPS) is 13.0. The monoisotopic (exact) mass is 297 g/mol. The Bertz CT molecular complexity index is 573. The van der Waals surface area contributed by atoms with Crippen LogP contribution < -0.4 is 5.32 Å². The van der Waals surface area contributed by atoms with Crippen LogP contribution in [0.5, 0.6) is 0 Å². The molecule has 0 aromatic heterocycles. The van der Waals surface area contributed by atoms with E-state index in [2.05, 4.69) is 5.32 Å². The molecule has 2 rings (SSSR count). The maximum absolute atomic E-state index is 13.8. The van der Waals surface area contributed by atoms with Gasteiger partial charge < -0.3 is 5.32 Å². The van der Waals surface area contributed by atoms with Crippen LogP contribution in [-0.2, 0) is 0 Å². The lowest BCUT2D eigenvalue weighted by molar-refractivity contribution is -0.137. The third-order valence-electron chi connectivity index (χ3n) is 3.18. The topological polar surface area (TPSA) is 12.0 Å². The summed E-state index contributed by atoms with van der Waals surface area (Å²) in [6, 6.07) is 11.6. The Labute approximate surface area is 120 Å². The van der Waals surface area contributed by atoms with E-state index in [0.29, 0.717) is 11.1 Å². The second-order valence-corrected chi connectivity index (χ2v) is 4.86. The molecule has 112 valence electrons. The Kier molecular flexibility index (Phi) is 4.50. The van der Waals surface area contributed by atoms with Gasteiger partial charge in [-0.05, 0) is 24.1 Å². The average Bonchev–Trinajstić information content (AvgIpc) is 2.41. The van der Waals surface area contributed by atoms with Crippen molar-refractivity contribution in [2.45, 2.75) is 25.6 Å². The number of benzene rings is 2. The lowest BCUT2D eigenvalue weighted by atomic mass is 10.0. The van der Waals surface area contributed by atoms with Crippen molar-refractivity contribution in [3.05, 3.63) is 65.5 Å². The number of alkyl halides is 3. The first-order valence-corrected chi connectivity index (χ1v) is 6.50. The Morgan fingerprint density at radius 3 is 2.24 bits per heavy atom. The summed E-state index contributed by atoms with van der Waals surface area (Å²) in [4.78, 5) is 0. The van der Waals surface area contributed by atoms with Gasteiger partial charge in [-0.3, -0.25) is 0 Å².